The van der Waals surface area contributed by atoms with Gasteiger partial charge < -0.3 is 9.73 Å². The largest absolute Gasteiger partial charge is 0.466 e. The monoisotopic (exact) mass is 309 g/mol. The fourth-order valence-electron chi connectivity index (χ4n) is 2.63. The van der Waals surface area contributed by atoms with Gasteiger partial charge in [-0.25, -0.2) is 4.39 Å². The Balaban J connectivity index is 2.52. The van der Waals surface area contributed by atoms with E-state index in [4.69, 9.17) is 16.0 Å². The summed E-state index contributed by atoms with van der Waals surface area (Å²) in [7, 11) is 0. The molecule has 0 bridgehead atoms. The lowest BCUT2D eigenvalue weighted by Gasteiger charge is -2.20. The third-order valence-electron chi connectivity index (χ3n) is 3.78. The van der Waals surface area contributed by atoms with E-state index >= 15 is 0 Å². The van der Waals surface area contributed by atoms with Crippen LogP contribution in [0.4, 0.5) is 4.39 Å². The molecular weight excluding hydrogens is 289 g/mol. The Labute approximate surface area is 130 Å². The topological polar surface area (TPSA) is 25.2 Å². The Bertz CT molecular complexity index is 636. The smallest absolute Gasteiger partial charge is 0.129 e. The first-order chi connectivity index (χ1) is 9.95. The highest BCUT2D eigenvalue weighted by Crippen LogP contribution is 2.33. The average molecular weight is 310 g/mol. The van der Waals surface area contributed by atoms with Crippen LogP contribution in [0.15, 0.2) is 22.6 Å². The number of rotatable bonds is 5. The lowest BCUT2D eigenvalue weighted by molar-refractivity contribution is 0.489. The molecule has 0 fully saturated rings. The minimum atomic E-state index is -0.297. The normalized spacial score (nSPS) is 12.7. The van der Waals surface area contributed by atoms with E-state index in [-0.39, 0.29) is 11.9 Å². The lowest BCUT2D eigenvalue weighted by atomic mass is 9.95. The molecule has 21 heavy (non-hydrogen) atoms. The molecule has 0 aliphatic rings. The number of aryl methyl sites for hydroxylation is 2. The maximum Gasteiger partial charge on any atom is 0.129 e. The lowest BCUT2D eigenvalue weighted by Crippen LogP contribution is -2.25. The van der Waals surface area contributed by atoms with Gasteiger partial charge in [0.25, 0.3) is 0 Å². The molecular formula is C17H21ClFNO. The van der Waals surface area contributed by atoms with E-state index in [9.17, 15) is 4.39 Å². The summed E-state index contributed by atoms with van der Waals surface area (Å²) < 4.78 is 20.0. The summed E-state index contributed by atoms with van der Waals surface area (Å²) in [5.41, 5.74) is 2.68. The zero-order chi connectivity index (χ0) is 15.6. The van der Waals surface area contributed by atoms with Crippen molar-refractivity contribution in [2.45, 2.75) is 40.2 Å². The van der Waals surface area contributed by atoms with Crippen molar-refractivity contribution in [3.63, 3.8) is 0 Å². The van der Waals surface area contributed by atoms with Crippen LogP contribution < -0.4 is 5.32 Å². The molecule has 2 rings (SSSR count). The highest BCUT2D eigenvalue weighted by atomic mass is 35.5. The number of hydrogen-bond acceptors (Lipinski definition) is 2. The second kappa shape index (κ2) is 6.63. The van der Waals surface area contributed by atoms with E-state index in [1.54, 1.807) is 12.1 Å². The third-order valence-corrected chi connectivity index (χ3v) is 4.01. The van der Waals surface area contributed by atoms with Crippen molar-refractivity contribution in [1.29, 1.82) is 0 Å². The molecule has 0 aliphatic heterocycles. The highest BCUT2D eigenvalue weighted by molar-refractivity contribution is 6.30. The number of nitrogens with one attached hydrogen (secondary N) is 1. The standard InChI is InChI=1S/C17H21ClFNO/c1-5-8-20-17(14-7-6-13(18)9-15(14)19)16-10(2)11(3)21-12(16)4/h6-7,9,17,20H,5,8H2,1-4H3. The Morgan fingerprint density at radius 2 is 1.95 bits per heavy atom. The van der Waals surface area contributed by atoms with Gasteiger partial charge in [-0.15, -0.1) is 0 Å². The highest BCUT2D eigenvalue weighted by Gasteiger charge is 2.24. The summed E-state index contributed by atoms with van der Waals surface area (Å²) in [6.45, 7) is 8.75. The molecule has 1 unspecified atom stereocenters. The van der Waals surface area contributed by atoms with E-state index < -0.39 is 0 Å². The zero-order valence-corrected chi connectivity index (χ0v) is 13.6. The number of benzene rings is 1. The number of hydrogen-bond donors (Lipinski definition) is 1. The van der Waals surface area contributed by atoms with Gasteiger partial charge in [0.1, 0.15) is 17.3 Å². The Morgan fingerprint density at radius 3 is 2.48 bits per heavy atom. The Morgan fingerprint density at radius 1 is 1.24 bits per heavy atom. The third kappa shape index (κ3) is 3.30. The van der Waals surface area contributed by atoms with Crippen molar-refractivity contribution in [2.24, 2.45) is 0 Å². The summed E-state index contributed by atoms with van der Waals surface area (Å²) in [6, 6.07) is 4.60. The van der Waals surface area contributed by atoms with Crippen molar-refractivity contribution in [3.05, 3.63) is 57.2 Å². The van der Waals surface area contributed by atoms with Gasteiger partial charge in [0.05, 0.1) is 6.04 Å². The summed E-state index contributed by atoms with van der Waals surface area (Å²) in [4.78, 5) is 0. The van der Waals surface area contributed by atoms with Gasteiger partial charge in [0, 0.05) is 16.1 Å². The zero-order valence-electron chi connectivity index (χ0n) is 12.9. The van der Waals surface area contributed by atoms with Crippen molar-refractivity contribution in [2.75, 3.05) is 6.54 Å². The molecule has 1 atom stereocenters. The van der Waals surface area contributed by atoms with E-state index in [0.717, 1.165) is 35.6 Å². The first kappa shape index (κ1) is 16.1. The molecule has 0 spiro atoms. The SMILES string of the molecule is CCCNC(c1ccc(Cl)cc1F)c1c(C)oc(C)c1C. The van der Waals surface area contributed by atoms with Gasteiger partial charge in [0.2, 0.25) is 0 Å². The van der Waals surface area contributed by atoms with Gasteiger partial charge in [-0.1, -0.05) is 24.6 Å². The number of halogens is 2. The summed E-state index contributed by atoms with van der Waals surface area (Å²) >= 11 is 5.86. The minimum absolute atomic E-state index is 0.223. The van der Waals surface area contributed by atoms with Crippen molar-refractivity contribution >= 4 is 11.6 Å². The van der Waals surface area contributed by atoms with E-state index in [1.807, 2.05) is 20.8 Å². The Kier molecular flexibility index (Phi) is 5.07. The van der Waals surface area contributed by atoms with Gasteiger partial charge in [0.15, 0.2) is 0 Å². The fourth-order valence-corrected chi connectivity index (χ4v) is 2.79. The molecule has 0 saturated heterocycles. The first-order valence-electron chi connectivity index (χ1n) is 7.20. The molecule has 0 aliphatic carbocycles. The van der Waals surface area contributed by atoms with Crippen LogP contribution in [-0.4, -0.2) is 6.54 Å². The van der Waals surface area contributed by atoms with Crippen molar-refractivity contribution < 1.29 is 8.81 Å². The van der Waals surface area contributed by atoms with Crippen LogP contribution in [-0.2, 0) is 0 Å². The quantitative estimate of drug-likeness (QED) is 0.832. The Hall–Kier alpha value is -1.32. The van der Waals surface area contributed by atoms with Gasteiger partial charge in [-0.3, -0.25) is 0 Å². The van der Waals surface area contributed by atoms with Crippen LogP contribution in [0.2, 0.25) is 5.02 Å². The molecule has 1 N–H and O–H groups in total. The fraction of sp³-hybridized carbons (Fsp3) is 0.412. The molecule has 2 aromatic rings. The average Bonchev–Trinajstić information content (AvgIpc) is 2.67. The van der Waals surface area contributed by atoms with Gasteiger partial charge >= 0.3 is 0 Å². The van der Waals surface area contributed by atoms with Crippen LogP contribution >= 0.6 is 11.6 Å². The molecule has 0 amide bonds. The van der Waals surface area contributed by atoms with Crippen molar-refractivity contribution in [3.8, 4) is 0 Å². The predicted octanol–water partition coefficient (Wildman–Crippen LogP) is 5.09. The minimum Gasteiger partial charge on any atom is -0.466 e. The van der Waals surface area contributed by atoms with Crippen LogP contribution in [0, 0.1) is 26.6 Å². The van der Waals surface area contributed by atoms with E-state index in [0.29, 0.717) is 10.6 Å². The van der Waals surface area contributed by atoms with Crippen molar-refractivity contribution in [1.82, 2.24) is 5.32 Å². The van der Waals surface area contributed by atoms with Gasteiger partial charge in [-0.05, 0) is 51.4 Å². The molecule has 1 aromatic carbocycles. The van der Waals surface area contributed by atoms with Gasteiger partial charge in [-0.2, -0.15) is 0 Å². The maximum atomic E-state index is 14.3. The molecule has 114 valence electrons. The molecule has 0 saturated carbocycles. The van der Waals surface area contributed by atoms with Crippen LogP contribution in [0.1, 0.15) is 47.6 Å². The predicted molar refractivity (Wildman–Crippen MR) is 84.5 cm³/mol. The maximum absolute atomic E-state index is 14.3. The first-order valence-corrected chi connectivity index (χ1v) is 7.58. The summed E-state index contributed by atoms with van der Waals surface area (Å²) in [5.74, 6) is 1.40. The molecule has 1 aromatic heterocycles. The second-order valence-electron chi connectivity index (χ2n) is 5.31. The molecule has 1 heterocycles. The van der Waals surface area contributed by atoms with Crippen LogP contribution in [0.25, 0.3) is 0 Å². The molecule has 4 heteroatoms. The molecule has 2 nitrogen and oxygen atoms in total. The molecule has 0 radical (unpaired) electrons. The second-order valence-corrected chi connectivity index (χ2v) is 5.74. The van der Waals surface area contributed by atoms with E-state index in [1.165, 1.54) is 6.07 Å². The van der Waals surface area contributed by atoms with Crippen LogP contribution in [0.5, 0.6) is 0 Å². The summed E-state index contributed by atoms with van der Waals surface area (Å²) in [5, 5.41) is 3.82. The summed E-state index contributed by atoms with van der Waals surface area (Å²) in [6.07, 6.45) is 0.973. The van der Waals surface area contributed by atoms with Crippen LogP contribution in [0.3, 0.4) is 0 Å². The number of furan rings is 1. The van der Waals surface area contributed by atoms with E-state index in [2.05, 4.69) is 12.2 Å².